The monoisotopic (exact) mass is 281 g/mol. The van der Waals surface area contributed by atoms with Gasteiger partial charge in [-0.05, 0) is 31.2 Å². The van der Waals surface area contributed by atoms with Crippen LogP contribution in [0.5, 0.6) is 0 Å². The number of carbonyl (C=O) groups is 1. The molecule has 0 radical (unpaired) electrons. The Morgan fingerprint density at radius 3 is 2.86 bits per heavy atom. The summed E-state index contributed by atoms with van der Waals surface area (Å²) in [6.07, 6.45) is 1.69. The van der Waals surface area contributed by atoms with Gasteiger partial charge in [0.05, 0.1) is 17.4 Å². The molecule has 0 saturated heterocycles. The summed E-state index contributed by atoms with van der Waals surface area (Å²) in [6.45, 7) is 1.87. The predicted octanol–water partition coefficient (Wildman–Crippen LogP) is 2.90. The molecule has 5 nitrogen and oxygen atoms in total. The van der Waals surface area contributed by atoms with Gasteiger partial charge in [0.25, 0.3) is 5.91 Å². The summed E-state index contributed by atoms with van der Waals surface area (Å²) < 4.78 is 5.54. The maximum atomic E-state index is 12.2. The van der Waals surface area contributed by atoms with Crippen molar-refractivity contribution in [1.29, 1.82) is 0 Å². The van der Waals surface area contributed by atoms with E-state index in [1.165, 1.54) is 0 Å². The number of nitrogens with one attached hydrogen (secondary N) is 1. The molecule has 0 fully saturated rings. The number of rotatable bonds is 3. The second-order valence-electron chi connectivity index (χ2n) is 4.83. The minimum absolute atomic E-state index is 0.204. The van der Waals surface area contributed by atoms with E-state index in [9.17, 15) is 4.79 Å². The van der Waals surface area contributed by atoms with Gasteiger partial charge in [0.1, 0.15) is 0 Å². The number of hydrogen-bond acceptors (Lipinski definition) is 4. The Bertz CT molecular complexity index is 781. The van der Waals surface area contributed by atoms with Crippen LogP contribution >= 0.6 is 0 Å². The zero-order valence-electron chi connectivity index (χ0n) is 11.5. The third kappa shape index (κ3) is 2.58. The van der Waals surface area contributed by atoms with Gasteiger partial charge in [-0.3, -0.25) is 9.78 Å². The highest BCUT2D eigenvalue weighted by molar-refractivity contribution is 5.98. The fraction of sp³-hybridized carbons (Fsp3) is 0.125. The quantitative estimate of drug-likeness (QED) is 0.723. The van der Waals surface area contributed by atoms with Crippen molar-refractivity contribution in [1.82, 2.24) is 10.3 Å². The average molecular weight is 281 g/mol. The summed E-state index contributed by atoms with van der Waals surface area (Å²) in [7, 11) is 0. The summed E-state index contributed by atoms with van der Waals surface area (Å²) >= 11 is 0. The van der Waals surface area contributed by atoms with Crippen LogP contribution in [0.15, 0.2) is 53.1 Å². The lowest BCUT2D eigenvalue weighted by atomic mass is 10.2. The normalized spacial score (nSPS) is 12.2. The van der Waals surface area contributed by atoms with Crippen molar-refractivity contribution in [2.75, 3.05) is 5.73 Å². The molecule has 1 aromatic carbocycles. The van der Waals surface area contributed by atoms with Crippen molar-refractivity contribution in [3.05, 3.63) is 60.1 Å². The van der Waals surface area contributed by atoms with E-state index in [0.717, 1.165) is 11.1 Å². The molecular weight excluding hydrogens is 266 g/mol. The van der Waals surface area contributed by atoms with Gasteiger partial charge >= 0.3 is 0 Å². The molecule has 0 aliphatic carbocycles. The van der Waals surface area contributed by atoms with E-state index in [2.05, 4.69) is 10.3 Å². The van der Waals surface area contributed by atoms with Gasteiger partial charge < -0.3 is 15.5 Å². The molecule has 0 aliphatic rings. The number of benzene rings is 1. The SMILES string of the molecule is CC(NC(=O)c1cc2cccc(N)c2o1)c1ccccn1. The van der Waals surface area contributed by atoms with E-state index in [4.69, 9.17) is 10.2 Å². The molecule has 0 bridgehead atoms. The van der Waals surface area contributed by atoms with Crippen LogP contribution in [-0.2, 0) is 0 Å². The van der Waals surface area contributed by atoms with Gasteiger partial charge in [-0.15, -0.1) is 0 Å². The predicted molar refractivity (Wildman–Crippen MR) is 80.7 cm³/mol. The Hall–Kier alpha value is -2.82. The second-order valence-corrected chi connectivity index (χ2v) is 4.83. The minimum atomic E-state index is -0.288. The number of fused-ring (bicyclic) bond motifs is 1. The average Bonchev–Trinajstić information content (AvgIpc) is 2.94. The number of nitrogen functional groups attached to an aromatic ring is 1. The number of amides is 1. The molecule has 1 amide bonds. The number of nitrogens with zero attached hydrogens (tertiary/aromatic N) is 1. The first-order valence-corrected chi connectivity index (χ1v) is 6.65. The molecule has 3 aromatic rings. The fourth-order valence-electron chi connectivity index (χ4n) is 2.17. The van der Waals surface area contributed by atoms with Gasteiger partial charge in [0.2, 0.25) is 0 Å². The van der Waals surface area contributed by atoms with E-state index in [1.807, 2.05) is 37.3 Å². The van der Waals surface area contributed by atoms with Crippen LogP contribution in [0.2, 0.25) is 0 Å². The number of para-hydroxylation sites is 1. The summed E-state index contributed by atoms with van der Waals surface area (Å²) in [6, 6.07) is 12.5. The zero-order valence-corrected chi connectivity index (χ0v) is 11.5. The molecule has 2 heterocycles. The van der Waals surface area contributed by atoms with Crippen molar-refractivity contribution in [2.45, 2.75) is 13.0 Å². The van der Waals surface area contributed by atoms with Crippen molar-refractivity contribution < 1.29 is 9.21 Å². The molecule has 1 atom stereocenters. The molecule has 5 heteroatoms. The van der Waals surface area contributed by atoms with Crippen LogP contribution in [0.25, 0.3) is 11.0 Å². The largest absolute Gasteiger partial charge is 0.449 e. The van der Waals surface area contributed by atoms with E-state index in [0.29, 0.717) is 11.3 Å². The minimum Gasteiger partial charge on any atom is -0.449 e. The Balaban J connectivity index is 1.82. The Labute approximate surface area is 121 Å². The van der Waals surface area contributed by atoms with E-state index < -0.39 is 0 Å². The number of anilines is 1. The topological polar surface area (TPSA) is 81.2 Å². The van der Waals surface area contributed by atoms with Crippen LogP contribution in [0.3, 0.4) is 0 Å². The van der Waals surface area contributed by atoms with Crippen LogP contribution in [0, 0.1) is 0 Å². The summed E-state index contributed by atoms with van der Waals surface area (Å²) in [5, 5.41) is 3.67. The lowest BCUT2D eigenvalue weighted by Gasteiger charge is -2.11. The number of hydrogen-bond donors (Lipinski definition) is 2. The highest BCUT2D eigenvalue weighted by Crippen LogP contribution is 2.25. The first-order chi connectivity index (χ1) is 10.1. The highest BCUT2D eigenvalue weighted by Gasteiger charge is 2.16. The maximum absolute atomic E-state index is 12.2. The number of nitrogens with two attached hydrogens (primary N) is 1. The third-order valence-corrected chi connectivity index (χ3v) is 3.28. The summed E-state index contributed by atoms with van der Waals surface area (Å²) in [5.74, 6) is -0.0468. The molecule has 1 unspecified atom stereocenters. The lowest BCUT2D eigenvalue weighted by molar-refractivity contribution is 0.0913. The van der Waals surface area contributed by atoms with Crippen LogP contribution in [0.1, 0.15) is 29.2 Å². The van der Waals surface area contributed by atoms with Crippen molar-refractivity contribution in [3.63, 3.8) is 0 Å². The maximum Gasteiger partial charge on any atom is 0.287 e. The number of carbonyl (C=O) groups excluding carboxylic acids is 1. The Morgan fingerprint density at radius 2 is 2.14 bits per heavy atom. The first-order valence-electron chi connectivity index (χ1n) is 6.65. The van der Waals surface area contributed by atoms with Gasteiger partial charge in [0.15, 0.2) is 11.3 Å². The molecule has 0 spiro atoms. The van der Waals surface area contributed by atoms with Gasteiger partial charge in [-0.2, -0.15) is 0 Å². The molecule has 0 saturated carbocycles. The number of aromatic nitrogens is 1. The summed E-state index contributed by atoms with van der Waals surface area (Å²) in [4.78, 5) is 16.5. The van der Waals surface area contributed by atoms with Crippen LogP contribution in [-0.4, -0.2) is 10.9 Å². The fourth-order valence-corrected chi connectivity index (χ4v) is 2.17. The Kier molecular flexibility index (Phi) is 3.31. The number of furan rings is 1. The van der Waals surface area contributed by atoms with Crippen molar-refractivity contribution >= 4 is 22.6 Å². The highest BCUT2D eigenvalue weighted by atomic mass is 16.3. The molecule has 3 rings (SSSR count). The van der Waals surface area contributed by atoms with Gasteiger partial charge in [-0.1, -0.05) is 18.2 Å². The van der Waals surface area contributed by atoms with Crippen molar-refractivity contribution in [3.8, 4) is 0 Å². The number of pyridine rings is 1. The smallest absolute Gasteiger partial charge is 0.287 e. The molecular formula is C16H15N3O2. The van der Waals surface area contributed by atoms with Crippen LogP contribution < -0.4 is 11.1 Å². The van der Waals surface area contributed by atoms with Gasteiger partial charge in [-0.25, -0.2) is 0 Å². The third-order valence-electron chi connectivity index (χ3n) is 3.28. The van der Waals surface area contributed by atoms with Crippen molar-refractivity contribution in [2.24, 2.45) is 0 Å². The van der Waals surface area contributed by atoms with E-state index >= 15 is 0 Å². The zero-order chi connectivity index (χ0) is 14.8. The van der Waals surface area contributed by atoms with Crippen LogP contribution in [0.4, 0.5) is 5.69 Å². The molecule has 2 aromatic heterocycles. The summed E-state index contributed by atoms with van der Waals surface area (Å²) in [5.41, 5.74) is 7.67. The molecule has 3 N–H and O–H groups in total. The second kappa shape index (κ2) is 5.28. The van der Waals surface area contributed by atoms with Gasteiger partial charge in [0, 0.05) is 11.6 Å². The lowest BCUT2D eigenvalue weighted by Crippen LogP contribution is -2.26. The first kappa shape index (κ1) is 13.2. The molecule has 21 heavy (non-hydrogen) atoms. The standard InChI is InChI=1S/C16H15N3O2/c1-10(13-7-2-3-8-18-13)19-16(20)14-9-11-5-4-6-12(17)15(11)21-14/h2-10H,17H2,1H3,(H,19,20). The Morgan fingerprint density at radius 1 is 1.29 bits per heavy atom. The molecule has 106 valence electrons. The van der Waals surface area contributed by atoms with E-state index in [-0.39, 0.29) is 17.7 Å². The molecule has 0 aliphatic heterocycles. The van der Waals surface area contributed by atoms with E-state index in [1.54, 1.807) is 18.3 Å².